The molecule has 3 rings (SSSR count). The highest BCUT2D eigenvalue weighted by Gasteiger charge is 2.20. The molecule has 0 fully saturated rings. The molecule has 2 N–H and O–H groups in total. The van der Waals surface area contributed by atoms with E-state index in [1.807, 2.05) is 24.5 Å². The van der Waals surface area contributed by atoms with Gasteiger partial charge in [-0.2, -0.15) is 0 Å². The van der Waals surface area contributed by atoms with E-state index in [-0.39, 0.29) is 29.3 Å². The molecule has 0 spiro atoms. The lowest BCUT2D eigenvalue weighted by molar-refractivity contribution is -0.384. The Hall–Kier alpha value is -3.73. The van der Waals surface area contributed by atoms with Crippen LogP contribution in [-0.2, 0) is 11.3 Å². The molecular weight excluding hydrogens is 444 g/mol. The lowest BCUT2D eigenvalue weighted by Crippen LogP contribution is -2.28. The van der Waals surface area contributed by atoms with E-state index >= 15 is 0 Å². The molecule has 0 bridgehead atoms. The summed E-state index contributed by atoms with van der Waals surface area (Å²) in [6.07, 6.45) is 0. The van der Waals surface area contributed by atoms with E-state index < -0.39 is 4.92 Å². The van der Waals surface area contributed by atoms with E-state index in [2.05, 4.69) is 20.8 Å². The highest BCUT2D eigenvalue weighted by molar-refractivity contribution is 7.99. The van der Waals surface area contributed by atoms with Crippen LogP contribution in [0, 0.1) is 17.0 Å². The van der Waals surface area contributed by atoms with Crippen LogP contribution in [0.2, 0.25) is 0 Å². The fraction of sp³-hybridized carbons (Fsp3) is 0.273. The minimum atomic E-state index is -0.507. The van der Waals surface area contributed by atoms with Crippen molar-refractivity contribution in [2.45, 2.75) is 38.5 Å². The lowest BCUT2D eigenvalue weighted by atomic mass is 10.2. The molecule has 10 nitrogen and oxygen atoms in total. The zero-order chi connectivity index (χ0) is 24.0. The van der Waals surface area contributed by atoms with Gasteiger partial charge in [-0.15, -0.1) is 10.2 Å². The van der Waals surface area contributed by atoms with E-state index in [1.165, 1.54) is 23.9 Å². The molecule has 0 aliphatic carbocycles. The second kappa shape index (κ2) is 10.7. The van der Waals surface area contributed by atoms with Gasteiger partial charge in [-0.3, -0.25) is 19.7 Å². The zero-order valence-electron chi connectivity index (χ0n) is 18.4. The fourth-order valence-electron chi connectivity index (χ4n) is 3.13. The average Bonchev–Trinajstić information content (AvgIpc) is 3.22. The third-order valence-corrected chi connectivity index (χ3v) is 5.84. The van der Waals surface area contributed by atoms with Gasteiger partial charge in [0, 0.05) is 24.2 Å². The van der Waals surface area contributed by atoms with Gasteiger partial charge in [0.1, 0.15) is 0 Å². The van der Waals surface area contributed by atoms with E-state index in [0.717, 1.165) is 5.56 Å². The van der Waals surface area contributed by atoms with Crippen LogP contribution in [0.25, 0.3) is 0 Å². The normalized spacial score (nSPS) is 11.6. The van der Waals surface area contributed by atoms with Crippen molar-refractivity contribution in [3.8, 4) is 0 Å². The highest BCUT2D eigenvalue weighted by atomic mass is 32.2. The molecular formula is C22H24N6O4S. The second-order valence-electron chi connectivity index (χ2n) is 7.24. The van der Waals surface area contributed by atoms with Gasteiger partial charge in [-0.05, 0) is 38.5 Å². The van der Waals surface area contributed by atoms with Crippen molar-refractivity contribution >= 4 is 35.0 Å². The summed E-state index contributed by atoms with van der Waals surface area (Å²) in [6.45, 7) is 6.07. The maximum atomic E-state index is 12.4. The minimum absolute atomic E-state index is 0.0466. The number of non-ortho nitro benzene ring substituents is 1. The minimum Gasteiger partial charge on any atom is -0.342 e. The molecule has 1 heterocycles. The van der Waals surface area contributed by atoms with Gasteiger partial charge in [-0.1, -0.05) is 36.0 Å². The summed E-state index contributed by atoms with van der Waals surface area (Å²) in [4.78, 5) is 35.4. The van der Waals surface area contributed by atoms with E-state index in [4.69, 9.17) is 0 Å². The Balaban J connectivity index is 1.64. The number of thioether (sulfide) groups is 1. The molecule has 172 valence electrons. The summed E-state index contributed by atoms with van der Waals surface area (Å²) in [5.41, 5.74) is 1.57. The van der Waals surface area contributed by atoms with Gasteiger partial charge in [0.2, 0.25) is 5.91 Å². The topological polar surface area (TPSA) is 132 Å². The molecule has 0 saturated heterocycles. The number of carbonyl (C=O) groups is 2. The first kappa shape index (κ1) is 23.9. The second-order valence-corrected chi connectivity index (χ2v) is 8.18. The molecule has 1 atom stereocenters. The Morgan fingerprint density at radius 2 is 1.91 bits per heavy atom. The smallest absolute Gasteiger partial charge is 0.271 e. The van der Waals surface area contributed by atoms with Crippen LogP contribution in [0.4, 0.5) is 11.4 Å². The van der Waals surface area contributed by atoms with E-state index in [0.29, 0.717) is 28.8 Å². The van der Waals surface area contributed by atoms with Crippen LogP contribution in [-0.4, -0.2) is 37.3 Å². The number of nitrogens with one attached hydrogen (secondary N) is 2. The summed E-state index contributed by atoms with van der Waals surface area (Å²) in [5, 5.41) is 25.5. The van der Waals surface area contributed by atoms with Crippen molar-refractivity contribution in [2.75, 3.05) is 11.1 Å². The highest BCUT2D eigenvalue weighted by Crippen LogP contribution is 2.24. The molecule has 0 saturated carbocycles. The monoisotopic (exact) mass is 468 g/mol. The molecule has 2 amide bonds. The number of benzene rings is 2. The maximum Gasteiger partial charge on any atom is 0.271 e. The quantitative estimate of drug-likeness (QED) is 0.278. The molecule has 11 heteroatoms. The van der Waals surface area contributed by atoms with Gasteiger partial charge < -0.3 is 15.2 Å². The first-order valence-corrected chi connectivity index (χ1v) is 11.3. The number of aryl methyl sites for hydroxylation is 1. The van der Waals surface area contributed by atoms with Crippen LogP contribution in [0.3, 0.4) is 0 Å². The average molecular weight is 469 g/mol. The van der Waals surface area contributed by atoms with Crippen molar-refractivity contribution in [1.82, 2.24) is 20.1 Å². The third-order valence-electron chi connectivity index (χ3n) is 4.87. The zero-order valence-corrected chi connectivity index (χ0v) is 19.3. The third kappa shape index (κ3) is 5.95. The summed E-state index contributed by atoms with van der Waals surface area (Å²) in [5.74, 6) is 0.0977. The SMILES string of the molecule is CCn1c(SCC(=O)Nc2cc([N+](=O)[O-])ccc2C)nnc1C(C)NC(=O)c1ccccc1. The Morgan fingerprint density at radius 1 is 1.18 bits per heavy atom. The lowest BCUT2D eigenvalue weighted by Gasteiger charge is -2.15. The van der Waals surface area contributed by atoms with E-state index in [1.54, 1.807) is 37.3 Å². The van der Waals surface area contributed by atoms with Gasteiger partial charge >= 0.3 is 0 Å². The molecule has 3 aromatic rings. The number of anilines is 1. The van der Waals surface area contributed by atoms with E-state index in [9.17, 15) is 19.7 Å². The number of nitro groups is 1. The van der Waals surface area contributed by atoms with Gasteiger partial charge in [0.15, 0.2) is 11.0 Å². The number of carbonyl (C=O) groups excluding carboxylic acids is 2. The Labute approximate surface area is 194 Å². The number of hydrogen-bond donors (Lipinski definition) is 2. The Bertz CT molecular complexity index is 1160. The number of rotatable bonds is 9. The molecule has 33 heavy (non-hydrogen) atoms. The number of aromatic nitrogens is 3. The van der Waals surface area contributed by atoms with Gasteiger partial charge in [0.05, 0.1) is 22.4 Å². The number of nitro benzene ring substituents is 1. The standard InChI is InChI=1S/C22H24N6O4S/c1-4-27-20(15(3)23-21(30)16-8-6-5-7-9-16)25-26-22(27)33-13-19(29)24-18-12-17(28(31)32)11-10-14(18)2/h5-12,15H,4,13H2,1-3H3,(H,23,30)(H,24,29). The van der Waals surface area contributed by atoms with Crippen LogP contribution >= 0.6 is 11.8 Å². The van der Waals surface area contributed by atoms with Crippen LogP contribution in [0.1, 0.15) is 41.6 Å². The van der Waals surface area contributed by atoms with Crippen molar-refractivity contribution in [3.63, 3.8) is 0 Å². The first-order chi connectivity index (χ1) is 15.8. The predicted molar refractivity (Wildman–Crippen MR) is 125 cm³/mol. The maximum absolute atomic E-state index is 12.4. The van der Waals surface area contributed by atoms with Crippen molar-refractivity contribution in [2.24, 2.45) is 0 Å². The number of amides is 2. The van der Waals surface area contributed by atoms with Gasteiger partial charge in [-0.25, -0.2) is 0 Å². The molecule has 1 aromatic heterocycles. The summed E-state index contributed by atoms with van der Waals surface area (Å²) < 4.78 is 1.84. The number of hydrogen-bond acceptors (Lipinski definition) is 7. The Morgan fingerprint density at radius 3 is 2.58 bits per heavy atom. The Kier molecular flexibility index (Phi) is 7.78. The summed E-state index contributed by atoms with van der Waals surface area (Å²) >= 11 is 1.20. The molecule has 0 radical (unpaired) electrons. The van der Waals surface area contributed by atoms with Crippen LogP contribution in [0.15, 0.2) is 53.7 Å². The van der Waals surface area contributed by atoms with Crippen molar-refractivity contribution in [1.29, 1.82) is 0 Å². The van der Waals surface area contributed by atoms with Gasteiger partial charge in [0.25, 0.3) is 11.6 Å². The fourth-order valence-corrected chi connectivity index (χ4v) is 3.94. The molecule has 0 aliphatic heterocycles. The molecule has 0 aliphatic rings. The largest absolute Gasteiger partial charge is 0.342 e. The first-order valence-electron chi connectivity index (χ1n) is 10.3. The summed E-state index contributed by atoms with van der Waals surface area (Å²) in [7, 11) is 0. The predicted octanol–water partition coefficient (Wildman–Crippen LogP) is 3.74. The van der Waals surface area contributed by atoms with Crippen molar-refractivity contribution in [3.05, 3.63) is 75.6 Å². The molecule has 1 unspecified atom stereocenters. The summed E-state index contributed by atoms with van der Waals surface area (Å²) in [6, 6.07) is 12.8. The van der Waals surface area contributed by atoms with Crippen molar-refractivity contribution < 1.29 is 14.5 Å². The molecule has 2 aromatic carbocycles. The van der Waals surface area contributed by atoms with Crippen LogP contribution in [0.5, 0.6) is 0 Å². The number of nitrogens with zero attached hydrogens (tertiary/aromatic N) is 4. The van der Waals surface area contributed by atoms with Crippen LogP contribution < -0.4 is 10.6 Å².